The third-order valence-corrected chi connectivity index (χ3v) is 5.43. The van der Waals surface area contributed by atoms with Gasteiger partial charge in [-0.3, -0.25) is 9.69 Å². The van der Waals surface area contributed by atoms with E-state index in [1.165, 1.54) is 0 Å². The highest BCUT2D eigenvalue weighted by atomic mass is 16.1. The number of aromatic nitrogens is 2. The molecule has 1 aliphatic heterocycles. The van der Waals surface area contributed by atoms with Crippen LogP contribution in [0.15, 0.2) is 18.2 Å². The highest BCUT2D eigenvalue weighted by Crippen LogP contribution is 2.23. The van der Waals surface area contributed by atoms with E-state index >= 15 is 0 Å². The molecule has 6 nitrogen and oxygen atoms in total. The number of amides is 1. The van der Waals surface area contributed by atoms with Crippen molar-refractivity contribution in [2.45, 2.75) is 53.6 Å². The van der Waals surface area contributed by atoms with E-state index in [1.54, 1.807) is 0 Å². The molecular weight excluding hydrogens is 350 g/mol. The first kappa shape index (κ1) is 20.8. The number of likely N-dealkylation sites (N-methyl/N-ethyl adjacent to an activating group) is 1. The SMILES string of the molecule is CCCn1c(CN2CCN(CC)CC2)nc2cc(NC(=O)CC(C)C)ccc21. The van der Waals surface area contributed by atoms with Crippen molar-refractivity contribution in [2.24, 2.45) is 5.92 Å². The fraction of sp³-hybridized carbons (Fsp3) is 0.636. The molecule has 28 heavy (non-hydrogen) atoms. The molecule has 1 aliphatic rings. The van der Waals surface area contributed by atoms with Crippen LogP contribution in [0.4, 0.5) is 5.69 Å². The second-order valence-electron chi connectivity index (χ2n) is 8.24. The van der Waals surface area contributed by atoms with Gasteiger partial charge in [0.25, 0.3) is 0 Å². The first-order chi connectivity index (χ1) is 13.5. The van der Waals surface area contributed by atoms with E-state index in [-0.39, 0.29) is 5.91 Å². The quantitative estimate of drug-likeness (QED) is 0.755. The molecule has 0 saturated carbocycles. The van der Waals surface area contributed by atoms with Crippen molar-refractivity contribution in [1.29, 1.82) is 0 Å². The molecule has 0 bridgehead atoms. The topological polar surface area (TPSA) is 53.4 Å². The predicted molar refractivity (Wildman–Crippen MR) is 115 cm³/mol. The average molecular weight is 386 g/mol. The van der Waals surface area contributed by atoms with E-state index in [0.29, 0.717) is 12.3 Å². The minimum atomic E-state index is 0.0661. The van der Waals surface area contributed by atoms with Gasteiger partial charge in [-0.25, -0.2) is 4.98 Å². The molecule has 1 amide bonds. The van der Waals surface area contributed by atoms with Crippen molar-refractivity contribution in [3.63, 3.8) is 0 Å². The van der Waals surface area contributed by atoms with E-state index < -0.39 is 0 Å². The number of carbonyl (C=O) groups excluding carboxylic acids is 1. The van der Waals surface area contributed by atoms with Crippen molar-refractivity contribution < 1.29 is 4.79 Å². The zero-order valence-electron chi connectivity index (χ0n) is 17.9. The zero-order valence-corrected chi connectivity index (χ0v) is 17.9. The maximum Gasteiger partial charge on any atom is 0.224 e. The van der Waals surface area contributed by atoms with E-state index in [9.17, 15) is 4.79 Å². The molecule has 1 saturated heterocycles. The molecular formula is C22H35N5O. The van der Waals surface area contributed by atoms with Crippen molar-refractivity contribution in [3.05, 3.63) is 24.0 Å². The van der Waals surface area contributed by atoms with Gasteiger partial charge in [0.2, 0.25) is 5.91 Å². The Morgan fingerprint density at radius 2 is 1.86 bits per heavy atom. The third-order valence-electron chi connectivity index (χ3n) is 5.43. The number of carbonyl (C=O) groups is 1. The van der Waals surface area contributed by atoms with Crippen LogP contribution in [-0.2, 0) is 17.9 Å². The number of fused-ring (bicyclic) bond motifs is 1. The van der Waals surface area contributed by atoms with Crippen LogP contribution in [0.3, 0.4) is 0 Å². The molecule has 0 unspecified atom stereocenters. The van der Waals surface area contributed by atoms with Crippen LogP contribution >= 0.6 is 0 Å². The van der Waals surface area contributed by atoms with Gasteiger partial charge < -0.3 is 14.8 Å². The molecule has 2 heterocycles. The molecule has 1 fully saturated rings. The number of hydrogen-bond acceptors (Lipinski definition) is 4. The molecule has 0 spiro atoms. The van der Waals surface area contributed by atoms with Gasteiger partial charge in [0.1, 0.15) is 5.82 Å². The molecule has 6 heteroatoms. The molecule has 0 atom stereocenters. The fourth-order valence-corrected chi connectivity index (χ4v) is 3.90. The Kier molecular flexibility index (Phi) is 7.08. The molecule has 1 N–H and O–H groups in total. The van der Waals surface area contributed by atoms with Gasteiger partial charge >= 0.3 is 0 Å². The molecule has 0 aliphatic carbocycles. The average Bonchev–Trinajstić information content (AvgIpc) is 2.98. The Labute approximate surface area is 168 Å². The van der Waals surface area contributed by atoms with Crippen LogP contribution in [0.2, 0.25) is 0 Å². The molecule has 154 valence electrons. The van der Waals surface area contributed by atoms with Gasteiger partial charge in [-0.1, -0.05) is 27.7 Å². The summed E-state index contributed by atoms with van der Waals surface area (Å²) < 4.78 is 2.35. The van der Waals surface area contributed by atoms with E-state index in [1.807, 2.05) is 12.1 Å². The first-order valence-electron chi connectivity index (χ1n) is 10.7. The smallest absolute Gasteiger partial charge is 0.224 e. The maximum atomic E-state index is 12.1. The Hall–Kier alpha value is -1.92. The lowest BCUT2D eigenvalue weighted by molar-refractivity contribution is -0.116. The summed E-state index contributed by atoms with van der Waals surface area (Å²) in [5.74, 6) is 1.55. The van der Waals surface area contributed by atoms with Crippen LogP contribution in [0, 0.1) is 5.92 Å². The molecule has 0 radical (unpaired) electrons. The highest BCUT2D eigenvalue weighted by molar-refractivity contribution is 5.93. The standard InChI is InChI=1S/C22H35N5O/c1-5-9-27-20-8-7-18(23-22(28)14-17(3)4)15-19(20)24-21(27)16-26-12-10-25(6-2)11-13-26/h7-8,15,17H,5-6,9-14,16H2,1-4H3,(H,23,28). The lowest BCUT2D eigenvalue weighted by atomic mass is 10.1. The van der Waals surface area contributed by atoms with Gasteiger partial charge in [-0.15, -0.1) is 0 Å². The van der Waals surface area contributed by atoms with Gasteiger partial charge in [-0.05, 0) is 37.1 Å². The predicted octanol–water partition coefficient (Wildman–Crippen LogP) is 3.57. The zero-order chi connectivity index (χ0) is 20.1. The van der Waals surface area contributed by atoms with Crippen molar-refractivity contribution in [1.82, 2.24) is 19.4 Å². The lowest BCUT2D eigenvalue weighted by Crippen LogP contribution is -2.45. The summed E-state index contributed by atoms with van der Waals surface area (Å²) >= 11 is 0. The summed E-state index contributed by atoms with van der Waals surface area (Å²) in [6, 6.07) is 6.11. The molecule has 2 aromatic rings. The Balaban J connectivity index is 1.78. The Morgan fingerprint density at radius 3 is 2.50 bits per heavy atom. The number of anilines is 1. The Bertz CT molecular complexity index is 790. The van der Waals surface area contributed by atoms with Gasteiger partial charge in [0, 0.05) is 44.8 Å². The monoisotopic (exact) mass is 385 g/mol. The maximum absolute atomic E-state index is 12.1. The van der Waals surface area contributed by atoms with Crippen molar-refractivity contribution in [2.75, 3.05) is 38.0 Å². The summed E-state index contributed by atoms with van der Waals surface area (Å²) in [5.41, 5.74) is 2.96. The number of imidazole rings is 1. The van der Waals surface area contributed by atoms with Gasteiger partial charge in [0.15, 0.2) is 0 Å². The minimum absolute atomic E-state index is 0.0661. The Morgan fingerprint density at radius 1 is 1.14 bits per heavy atom. The van der Waals surface area contributed by atoms with Crippen LogP contribution < -0.4 is 5.32 Å². The summed E-state index contributed by atoms with van der Waals surface area (Å²) in [6.07, 6.45) is 1.62. The van der Waals surface area contributed by atoms with Crippen molar-refractivity contribution in [3.8, 4) is 0 Å². The minimum Gasteiger partial charge on any atom is -0.327 e. The number of rotatable bonds is 8. The van der Waals surface area contributed by atoms with Crippen LogP contribution in [0.5, 0.6) is 0 Å². The second kappa shape index (κ2) is 9.52. The first-order valence-corrected chi connectivity index (χ1v) is 10.7. The van der Waals surface area contributed by atoms with Crippen LogP contribution in [0.25, 0.3) is 11.0 Å². The van der Waals surface area contributed by atoms with Crippen molar-refractivity contribution >= 4 is 22.6 Å². The fourth-order valence-electron chi connectivity index (χ4n) is 3.90. The second-order valence-corrected chi connectivity index (χ2v) is 8.24. The van der Waals surface area contributed by atoms with Gasteiger partial charge in [0.05, 0.1) is 17.6 Å². The number of aryl methyl sites for hydroxylation is 1. The normalized spacial score (nSPS) is 16.2. The van der Waals surface area contributed by atoms with Crippen LogP contribution in [-0.4, -0.2) is 58.0 Å². The number of benzene rings is 1. The van der Waals surface area contributed by atoms with Crippen LogP contribution in [0.1, 0.15) is 46.4 Å². The molecule has 1 aromatic heterocycles. The van der Waals surface area contributed by atoms with E-state index in [2.05, 4.69) is 53.4 Å². The number of nitrogens with one attached hydrogen (secondary N) is 1. The van der Waals surface area contributed by atoms with E-state index in [4.69, 9.17) is 4.98 Å². The largest absolute Gasteiger partial charge is 0.327 e. The number of nitrogens with zero attached hydrogens (tertiary/aromatic N) is 4. The summed E-state index contributed by atoms with van der Waals surface area (Å²) in [7, 11) is 0. The summed E-state index contributed by atoms with van der Waals surface area (Å²) in [6.45, 7) is 16.0. The van der Waals surface area contributed by atoms with Gasteiger partial charge in [-0.2, -0.15) is 0 Å². The summed E-state index contributed by atoms with van der Waals surface area (Å²) in [4.78, 5) is 22.1. The third kappa shape index (κ3) is 5.11. The van der Waals surface area contributed by atoms with E-state index in [0.717, 1.165) is 74.8 Å². The number of hydrogen-bond donors (Lipinski definition) is 1. The molecule has 3 rings (SSSR count). The molecule has 1 aromatic carbocycles. The number of piperazine rings is 1. The lowest BCUT2D eigenvalue weighted by Gasteiger charge is -2.33. The highest BCUT2D eigenvalue weighted by Gasteiger charge is 2.19. The summed E-state index contributed by atoms with van der Waals surface area (Å²) in [5, 5.41) is 3.01.